The van der Waals surface area contributed by atoms with Gasteiger partial charge in [0.1, 0.15) is 9.79 Å². The zero-order valence-corrected chi connectivity index (χ0v) is 17.0. The van der Waals surface area contributed by atoms with Gasteiger partial charge in [-0.05, 0) is 23.8 Å². The summed E-state index contributed by atoms with van der Waals surface area (Å²) >= 11 is 2.98. The molecule has 2 rings (SSSR count). The van der Waals surface area contributed by atoms with E-state index in [0.717, 1.165) is 30.3 Å². The summed E-state index contributed by atoms with van der Waals surface area (Å²) in [4.78, 5) is 18.2. The molecule has 0 unspecified atom stereocenters. The average molecular weight is 509 g/mol. The number of nitro benzene ring substituents is 2. The Morgan fingerprint density at radius 1 is 0.862 bits per heavy atom. The van der Waals surface area contributed by atoms with Crippen LogP contribution in [-0.4, -0.2) is 35.8 Å². The van der Waals surface area contributed by atoms with Crippen molar-refractivity contribution in [2.45, 2.75) is 9.79 Å². The number of hydrogen-bond acceptors (Lipinski definition) is 8. The fraction of sp³-hybridized carbons (Fsp3) is 0. The van der Waals surface area contributed by atoms with Crippen LogP contribution in [0.5, 0.6) is 0 Å². The van der Waals surface area contributed by atoms with E-state index in [-0.39, 0.29) is 15.6 Å². The summed E-state index contributed by atoms with van der Waals surface area (Å²) < 4.78 is 64.9. The zero-order valence-electron chi connectivity index (χ0n) is 13.8. The summed E-state index contributed by atoms with van der Waals surface area (Å²) in [5.74, 6) is 0. The molecule has 15 heteroatoms. The van der Waals surface area contributed by atoms with E-state index in [1.54, 1.807) is 0 Å². The molecule has 0 aliphatic carbocycles. The van der Waals surface area contributed by atoms with Crippen LogP contribution in [0, 0.1) is 20.2 Å². The summed E-state index contributed by atoms with van der Waals surface area (Å²) in [6.07, 6.45) is 1.00. The highest BCUT2D eigenvalue weighted by Gasteiger charge is 2.23. The number of nitrogens with zero attached hydrogens (tertiary/aromatic N) is 2. The van der Waals surface area contributed by atoms with Gasteiger partial charge in [-0.3, -0.25) is 29.3 Å². The van der Waals surface area contributed by atoms with Crippen LogP contribution < -0.4 is 0 Å². The summed E-state index contributed by atoms with van der Waals surface area (Å²) in [5, 5.41) is 21.7. The maximum atomic E-state index is 11.6. The van der Waals surface area contributed by atoms with E-state index >= 15 is 0 Å². The fourth-order valence-corrected chi connectivity index (χ4v) is 4.37. The fourth-order valence-electron chi connectivity index (χ4n) is 2.23. The second-order valence-electron chi connectivity index (χ2n) is 5.36. The van der Waals surface area contributed by atoms with Crippen LogP contribution in [0.2, 0.25) is 0 Å². The molecule has 12 nitrogen and oxygen atoms in total. The highest BCUT2D eigenvalue weighted by atomic mass is 79.9. The Balaban J connectivity index is 2.75. The van der Waals surface area contributed by atoms with Crippen molar-refractivity contribution in [3.8, 4) is 0 Å². The predicted octanol–water partition coefficient (Wildman–Crippen LogP) is 2.89. The van der Waals surface area contributed by atoms with Crippen molar-refractivity contribution in [1.29, 1.82) is 0 Å². The van der Waals surface area contributed by atoms with Crippen molar-refractivity contribution >= 4 is 58.1 Å². The first kappa shape index (κ1) is 22.6. The molecule has 0 amide bonds. The second kappa shape index (κ2) is 7.96. The van der Waals surface area contributed by atoms with E-state index in [1.165, 1.54) is 0 Å². The number of nitro groups is 2. The van der Waals surface area contributed by atoms with E-state index in [0.29, 0.717) is 12.1 Å². The third-order valence-corrected chi connectivity index (χ3v) is 5.94. The van der Waals surface area contributed by atoms with Crippen LogP contribution in [0.4, 0.5) is 11.4 Å². The summed E-state index contributed by atoms with van der Waals surface area (Å²) in [7, 11) is -9.82. The molecule has 0 aliphatic heterocycles. The molecule has 0 spiro atoms. The molecule has 0 bridgehead atoms. The molecule has 29 heavy (non-hydrogen) atoms. The largest absolute Gasteiger partial charge is 0.295 e. The predicted molar refractivity (Wildman–Crippen MR) is 103 cm³/mol. The Hall–Kier alpha value is -2.72. The number of non-ortho nitro benzene ring substituents is 2. The molecule has 0 radical (unpaired) electrons. The second-order valence-corrected chi connectivity index (χ2v) is 8.99. The van der Waals surface area contributed by atoms with Gasteiger partial charge in [-0.25, -0.2) is 0 Å². The molecule has 0 atom stereocenters. The quantitative estimate of drug-likeness (QED) is 0.253. The van der Waals surface area contributed by atoms with Gasteiger partial charge in [0, 0.05) is 34.3 Å². The summed E-state index contributed by atoms with van der Waals surface area (Å²) in [6, 6.07) is 5.06. The Morgan fingerprint density at radius 3 is 1.76 bits per heavy atom. The van der Waals surface area contributed by atoms with Gasteiger partial charge in [0.2, 0.25) is 0 Å². The first-order valence-electron chi connectivity index (χ1n) is 7.11. The number of rotatable bonds is 6. The van der Waals surface area contributed by atoms with Crippen LogP contribution in [0.25, 0.3) is 10.6 Å². The minimum atomic E-state index is -4.92. The zero-order chi connectivity index (χ0) is 22.1. The third-order valence-electron chi connectivity index (χ3n) is 3.48. The molecule has 154 valence electrons. The molecule has 0 aliphatic rings. The Kier molecular flexibility index (Phi) is 6.19. The van der Waals surface area contributed by atoms with Crippen molar-refractivity contribution in [1.82, 2.24) is 0 Å². The van der Waals surface area contributed by atoms with Crippen LogP contribution in [0.1, 0.15) is 11.1 Å². The van der Waals surface area contributed by atoms with Crippen LogP contribution in [0.3, 0.4) is 0 Å². The highest BCUT2D eigenvalue weighted by molar-refractivity contribution is 9.15. The monoisotopic (exact) mass is 508 g/mol. The highest BCUT2D eigenvalue weighted by Crippen LogP contribution is 2.34. The Morgan fingerprint density at radius 2 is 1.31 bits per heavy atom. The van der Waals surface area contributed by atoms with Gasteiger partial charge in [-0.2, -0.15) is 16.8 Å². The maximum Gasteiger partial charge on any atom is 0.295 e. The third kappa shape index (κ3) is 5.21. The van der Waals surface area contributed by atoms with Crippen molar-refractivity contribution in [3.63, 3.8) is 0 Å². The van der Waals surface area contributed by atoms with Crippen LogP contribution in [0.15, 0.2) is 46.2 Å². The van der Waals surface area contributed by atoms with E-state index in [4.69, 9.17) is 0 Å². The van der Waals surface area contributed by atoms with Crippen LogP contribution >= 0.6 is 15.9 Å². The Labute approximate surface area is 171 Å². The summed E-state index contributed by atoms with van der Waals surface area (Å²) in [5.41, 5.74) is -1.78. The molecule has 0 saturated heterocycles. The lowest BCUT2D eigenvalue weighted by atomic mass is 10.1. The average Bonchev–Trinajstić information content (AvgIpc) is 2.59. The first-order chi connectivity index (χ1) is 13.2. The molecule has 2 N–H and O–H groups in total. The molecule has 0 heterocycles. The number of benzene rings is 2. The molecule has 0 fully saturated rings. The SMILES string of the molecule is O=[N+]([O-])c1ccc(/C=C(/Br)c2ccc([N+](=O)[O-])cc2S(=O)(=O)O)c(S(=O)(=O)O)c1. The minimum absolute atomic E-state index is 0.154. The van der Waals surface area contributed by atoms with Gasteiger partial charge in [0.25, 0.3) is 31.6 Å². The van der Waals surface area contributed by atoms with E-state index in [9.17, 15) is 46.2 Å². The molecular formula is C14H9BrN2O10S2. The lowest BCUT2D eigenvalue weighted by Gasteiger charge is -2.08. The molecule has 2 aromatic carbocycles. The van der Waals surface area contributed by atoms with E-state index in [2.05, 4.69) is 15.9 Å². The minimum Gasteiger partial charge on any atom is -0.282 e. The lowest BCUT2D eigenvalue weighted by molar-refractivity contribution is -0.385. The van der Waals surface area contributed by atoms with Crippen molar-refractivity contribution in [3.05, 3.63) is 67.8 Å². The number of halogens is 1. The normalized spacial score (nSPS) is 12.6. The van der Waals surface area contributed by atoms with E-state index in [1.807, 2.05) is 0 Å². The Bertz CT molecular complexity index is 1270. The number of hydrogen-bond donors (Lipinski definition) is 2. The van der Waals surface area contributed by atoms with Crippen molar-refractivity contribution < 1.29 is 35.8 Å². The van der Waals surface area contributed by atoms with Gasteiger partial charge >= 0.3 is 0 Å². The molecule has 2 aromatic rings. The van der Waals surface area contributed by atoms with Crippen molar-refractivity contribution in [2.75, 3.05) is 0 Å². The molecular weight excluding hydrogens is 500 g/mol. The standard InChI is InChI=1S/C14H9BrN2O10S2/c15-12(11-4-3-10(17(20)21)7-14(11)29(25,26)27)5-8-1-2-9(16(18)19)6-13(8)28(22,23)24/h1-7H,(H,22,23,24)(H,25,26,27)/b12-5+. The van der Waals surface area contributed by atoms with Gasteiger partial charge in [-0.15, -0.1) is 0 Å². The van der Waals surface area contributed by atoms with E-state index < -0.39 is 51.2 Å². The lowest BCUT2D eigenvalue weighted by Crippen LogP contribution is -2.04. The molecule has 0 saturated carbocycles. The van der Waals surface area contributed by atoms with Gasteiger partial charge in [0.15, 0.2) is 0 Å². The van der Waals surface area contributed by atoms with Crippen LogP contribution in [-0.2, 0) is 20.2 Å². The maximum absolute atomic E-state index is 11.6. The van der Waals surface area contributed by atoms with Crippen molar-refractivity contribution in [2.24, 2.45) is 0 Å². The van der Waals surface area contributed by atoms with Gasteiger partial charge in [0.05, 0.1) is 9.85 Å². The van der Waals surface area contributed by atoms with Gasteiger partial charge < -0.3 is 0 Å². The summed E-state index contributed by atoms with van der Waals surface area (Å²) in [6.45, 7) is 0. The molecule has 0 aromatic heterocycles. The smallest absolute Gasteiger partial charge is 0.282 e. The van der Waals surface area contributed by atoms with Gasteiger partial charge in [-0.1, -0.05) is 15.9 Å². The topological polar surface area (TPSA) is 195 Å². The first-order valence-corrected chi connectivity index (χ1v) is 10.8.